The number of allylic oxidation sites excluding steroid dienone is 9. The van der Waals surface area contributed by atoms with Crippen LogP contribution in [0.1, 0.15) is 149 Å². The van der Waals surface area contributed by atoms with Crippen molar-refractivity contribution in [3.63, 3.8) is 0 Å². The molecule has 0 saturated heterocycles. The van der Waals surface area contributed by atoms with E-state index < -0.39 is 26.6 Å². The molecule has 0 aliphatic carbocycles. The van der Waals surface area contributed by atoms with Gasteiger partial charge in [0.05, 0.1) is 39.9 Å². The highest BCUT2D eigenvalue weighted by molar-refractivity contribution is 7.45. The normalized spacial score (nSPS) is 15.2. The van der Waals surface area contributed by atoms with Crippen LogP contribution in [0, 0.1) is 0 Å². The minimum Gasteiger partial charge on any atom is -0.756 e. The van der Waals surface area contributed by atoms with Crippen molar-refractivity contribution in [2.75, 3.05) is 40.9 Å². The second kappa shape index (κ2) is 34.0. The minimum absolute atomic E-state index is 0.00903. The van der Waals surface area contributed by atoms with E-state index in [1.807, 2.05) is 27.2 Å². The van der Waals surface area contributed by atoms with Gasteiger partial charge in [-0.25, -0.2) is 0 Å². The first-order valence-electron chi connectivity index (χ1n) is 20.2. The summed E-state index contributed by atoms with van der Waals surface area (Å²) in [6, 6.07) is -0.899. The van der Waals surface area contributed by atoms with E-state index in [2.05, 4.69) is 67.8 Å². The van der Waals surface area contributed by atoms with Crippen molar-refractivity contribution in [1.29, 1.82) is 0 Å². The van der Waals surface area contributed by atoms with Gasteiger partial charge in [-0.05, 0) is 57.8 Å². The average Bonchev–Trinajstić information content (AvgIpc) is 3.07. The van der Waals surface area contributed by atoms with E-state index in [1.165, 1.54) is 51.4 Å². The Morgan fingerprint density at radius 3 is 1.75 bits per heavy atom. The van der Waals surface area contributed by atoms with Gasteiger partial charge in [0, 0.05) is 6.42 Å². The summed E-state index contributed by atoms with van der Waals surface area (Å²) in [5.41, 5.74) is 0. The number of phosphoric ester groups is 1. The van der Waals surface area contributed by atoms with Crippen molar-refractivity contribution in [2.24, 2.45) is 0 Å². The maximum atomic E-state index is 12.8. The van der Waals surface area contributed by atoms with Crippen molar-refractivity contribution >= 4 is 13.7 Å². The number of amides is 1. The first-order valence-corrected chi connectivity index (χ1v) is 21.6. The number of carbonyl (C=O) groups excluding carboxylic acids is 1. The molecule has 9 heteroatoms. The number of quaternary nitrogens is 1. The van der Waals surface area contributed by atoms with Gasteiger partial charge in [0.2, 0.25) is 5.91 Å². The van der Waals surface area contributed by atoms with Crippen LogP contribution in [0.2, 0.25) is 0 Å². The Labute approximate surface area is 313 Å². The van der Waals surface area contributed by atoms with Gasteiger partial charge >= 0.3 is 0 Å². The first-order chi connectivity index (χ1) is 24.5. The highest BCUT2D eigenvalue weighted by Gasteiger charge is 2.23. The van der Waals surface area contributed by atoms with E-state index in [0.29, 0.717) is 17.4 Å². The van der Waals surface area contributed by atoms with Crippen LogP contribution in [0.25, 0.3) is 0 Å². The van der Waals surface area contributed by atoms with Crippen molar-refractivity contribution in [3.8, 4) is 0 Å². The Bertz CT molecular complexity index is 1020. The summed E-state index contributed by atoms with van der Waals surface area (Å²) in [6.07, 6.45) is 42.6. The molecule has 296 valence electrons. The molecule has 0 radical (unpaired) electrons. The smallest absolute Gasteiger partial charge is 0.268 e. The Hall–Kier alpha value is -1.80. The number of aliphatic hydroxyl groups is 1. The molecule has 3 atom stereocenters. The number of hydrogen-bond acceptors (Lipinski definition) is 6. The van der Waals surface area contributed by atoms with Crippen LogP contribution in [0.4, 0.5) is 0 Å². The number of nitrogens with one attached hydrogen (secondary N) is 1. The van der Waals surface area contributed by atoms with Crippen molar-refractivity contribution in [2.45, 2.75) is 161 Å². The van der Waals surface area contributed by atoms with Crippen LogP contribution in [-0.4, -0.2) is 68.5 Å². The highest BCUT2D eigenvalue weighted by atomic mass is 31.2. The quantitative estimate of drug-likeness (QED) is 0.0290. The molecule has 0 aliphatic heterocycles. The molecule has 8 nitrogen and oxygen atoms in total. The summed E-state index contributed by atoms with van der Waals surface area (Å²) >= 11 is 0. The number of nitrogens with zero attached hydrogens (tertiary/aromatic N) is 1. The van der Waals surface area contributed by atoms with Gasteiger partial charge in [-0.1, -0.05) is 145 Å². The Kier molecular flexibility index (Phi) is 32.8. The van der Waals surface area contributed by atoms with Gasteiger partial charge in [-0.2, -0.15) is 0 Å². The molecule has 0 rings (SSSR count). The summed E-state index contributed by atoms with van der Waals surface area (Å²) in [4.78, 5) is 25.2. The lowest BCUT2D eigenvalue weighted by molar-refractivity contribution is -0.870. The van der Waals surface area contributed by atoms with Crippen LogP contribution in [0.3, 0.4) is 0 Å². The number of phosphoric acid groups is 1. The zero-order valence-corrected chi connectivity index (χ0v) is 34.2. The molecular formula is C42H77N2O6P. The maximum absolute atomic E-state index is 12.8. The highest BCUT2D eigenvalue weighted by Crippen LogP contribution is 2.38. The molecule has 0 aromatic carbocycles. The van der Waals surface area contributed by atoms with Crippen molar-refractivity contribution in [3.05, 3.63) is 60.8 Å². The topological polar surface area (TPSA) is 108 Å². The number of unbranched alkanes of at least 4 members (excludes halogenated alkanes) is 14. The fourth-order valence-corrected chi connectivity index (χ4v) is 5.98. The molecule has 3 unspecified atom stereocenters. The summed E-state index contributed by atoms with van der Waals surface area (Å²) in [6.45, 7) is 4.47. The minimum atomic E-state index is -4.59. The average molecular weight is 737 g/mol. The molecule has 0 aromatic rings. The van der Waals surface area contributed by atoms with Crippen molar-refractivity contribution < 1.29 is 32.9 Å². The van der Waals surface area contributed by atoms with E-state index >= 15 is 0 Å². The molecule has 1 amide bonds. The monoisotopic (exact) mass is 737 g/mol. The standard InChI is InChI=1S/C42H77N2O6P/c1-6-8-10-12-14-16-18-20-21-22-23-24-26-28-30-32-34-36-42(46)43-40(39-50-51(47,48)49-38-37-44(3,4)5)41(45)35-33-31-29-27-25-19-17-15-13-11-9-7-2/h8,10,14,16,20-21,23-24,33,35,40-41,45H,6-7,9,11-13,15,17-19,22,25-32,34,36-39H2,1-5H3,(H-,43,46,47,48)/b10-8-,16-14-,21-20-,24-23-,35-33+. The van der Waals surface area contributed by atoms with Gasteiger partial charge in [-0.15, -0.1) is 0 Å². The summed E-state index contributed by atoms with van der Waals surface area (Å²) in [5, 5.41) is 13.7. The number of carbonyl (C=O) groups is 1. The Morgan fingerprint density at radius 2 is 1.20 bits per heavy atom. The first kappa shape index (κ1) is 49.2. The van der Waals surface area contributed by atoms with E-state index in [9.17, 15) is 19.4 Å². The van der Waals surface area contributed by atoms with E-state index in [-0.39, 0.29) is 12.5 Å². The summed E-state index contributed by atoms with van der Waals surface area (Å²) in [5.74, 6) is -0.226. The van der Waals surface area contributed by atoms with Crippen LogP contribution in [0.5, 0.6) is 0 Å². The lowest BCUT2D eigenvalue weighted by Gasteiger charge is -2.29. The predicted molar refractivity (Wildman–Crippen MR) is 214 cm³/mol. The van der Waals surface area contributed by atoms with Gasteiger partial charge < -0.3 is 28.8 Å². The lowest BCUT2D eigenvalue weighted by Crippen LogP contribution is -2.45. The fourth-order valence-electron chi connectivity index (χ4n) is 5.26. The van der Waals surface area contributed by atoms with Crippen LogP contribution in [-0.2, 0) is 18.4 Å². The third-order valence-corrected chi connectivity index (χ3v) is 9.45. The number of hydrogen-bond donors (Lipinski definition) is 2. The number of rotatable bonds is 35. The van der Waals surface area contributed by atoms with Gasteiger partial charge in [-0.3, -0.25) is 9.36 Å². The van der Waals surface area contributed by atoms with Crippen LogP contribution >= 0.6 is 7.82 Å². The van der Waals surface area contributed by atoms with Crippen LogP contribution in [0.15, 0.2) is 60.8 Å². The Morgan fingerprint density at radius 1 is 0.706 bits per heavy atom. The maximum Gasteiger partial charge on any atom is 0.268 e. The SMILES string of the molecule is CC/C=C\C/C=C\C/C=C\C/C=C\CCCCCCC(=O)NC(COP(=O)([O-])OCC[N+](C)(C)C)C(O)/C=C/CCCCCCCCCCCC. The molecule has 0 aromatic heterocycles. The molecule has 0 bridgehead atoms. The molecule has 0 spiro atoms. The number of likely N-dealkylation sites (N-methyl/N-ethyl adjacent to an activating group) is 1. The van der Waals surface area contributed by atoms with E-state index in [4.69, 9.17) is 9.05 Å². The molecule has 2 N–H and O–H groups in total. The number of aliphatic hydroxyl groups excluding tert-OH is 1. The second-order valence-corrected chi connectivity index (χ2v) is 16.0. The van der Waals surface area contributed by atoms with Gasteiger partial charge in [0.1, 0.15) is 13.2 Å². The molecule has 51 heavy (non-hydrogen) atoms. The predicted octanol–water partition coefficient (Wildman–Crippen LogP) is 10.1. The summed E-state index contributed by atoms with van der Waals surface area (Å²) in [7, 11) is 1.23. The molecule has 0 heterocycles. The molecule has 0 aliphatic rings. The zero-order chi connectivity index (χ0) is 37.9. The molecular weight excluding hydrogens is 659 g/mol. The van der Waals surface area contributed by atoms with Gasteiger partial charge in [0.15, 0.2) is 0 Å². The van der Waals surface area contributed by atoms with E-state index in [1.54, 1.807) is 6.08 Å². The zero-order valence-electron chi connectivity index (χ0n) is 33.3. The molecule has 0 saturated carbocycles. The lowest BCUT2D eigenvalue weighted by atomic mass is 10.1. The molecule has 0 fully saturated rings. The third-order valence-electron chi connectivity index (χ3n) is 8.48. The Balaban J connectivity index is 4.55. The summed E-state index contributed by atoms with van der Waals surface area (Å²) < 4.78 is 23.1. The van der Waals surface area contributed by atoms with Crippen molar-refractivity contribution in [1.82, 2.24) is 5.32 Å². The van der Waals surface area contributed by atoms with Crippen LogP contribution < -0.4 is 10.2 Å². The fraction of sp³-hybridized carbons (Fsp3) is 0.738. The largest absolute Gasteiger partial charge is 0.756 e. The second-order valence-electron chi connectivity index (χ2n) is 14.6. The van der Waals surface area contributed by atoms with E-state index in [0.717, 1.165) is 77.0 Å². The van der Waals surface area contributed by atoms with Gasteiger partial charge in [0.25, 0.3) is 7.82 Å². The third kappa shape index (κ3) is 36.4.